The molecule has 2 aromatic carbocycles. The van der Waals surface area contributed by atoms with Crippen molar-refractivity contribution < 1.29 is 9.53 Å². The molecule has 4 rings (SSSR count). The number of pyridine rings is 1. The number of hydrogen-bond acceptors (Lipinski definition) is 5. The first-order chi connectivity index (χ1) is 15.2. The summed E-state index contributed by atoms with van der Waals surface area (Å²) in [6.45, 7) is 0.817. The molecule has 0 atom stereocenters. The van der Waals surface area contributed by atoms with Gasteiger partial charge in [-0.25, -0.2) is 4.98 Å². The number of nitrogens with one attached hydrogen (secondary N) is 1. The van der Waals surface area contributed by atoms with Crippen molar-refractivity contribution in [2.75, 3.05) is 6.26 Å². The minimum atomic E-state index is -0.123. The molecule has 0 saturated carbocycles. The Morgan fingerprint density at radius 1 is 1.03 bits per heavy atom. The van der Waals surface area contributed by atoms with Gasteiger partial charge < -0.3 is 10.1 Å². The Morgan fingerprint density at radius 2 is 1.90 bits per heavy atom. The lowest BCUT2D eigenvalue weighted by Crippen LogP contribution is -2.22. The molecule has 0 spiro atoms. The van der Waals surface area contributed by atoms with Crippen molar-refractivity contribution in [2.24, 2.45) is 0 Å². The van der Waals surface area contributed by atoms with Gasteiger partial charge in [0.1, 0.15) is 12.4 Å². The number of ether oxygens (including phenoxy) is 1. The molecular formula is C24H22N4O2S. The van der Waals surface area contributed by atoms with Crippen molar-refractivity contribution in [3.05, 3.63) is 102 Å². The van der Waals surface area contributed by atoms with Gasteiger partial charge in [-0.1, -0.05) is 30.0 Å². The fraction of sp³-hybridized carbons (Fsp3) is 0.125. The van der Waals surface area contributed by atoms with E-state index in [0.29, 0.717) is 18.7 Å². The van der Waals surface area contributed by atoms with Crippen LogP contribution in [0.5, 0.6) is 5.75 Å². The summed E-state index contributed by atoms with van der Waals surface area (Å²) in [5.74, 6) is 0.619. The van der Waals surface area contributed by atoms with Crippen LogP contribution in [0, 0.1) is 0 Å². The van der Waals surface area contributed by atoms with Crippen LogP contribution in [0.2, 0.25) is 0 Å². The van der Waals surface area contributed by atoms with Crippen LogP contribution in [0.4, 0.5) is 0 Å². The van der Waals surface area contributed by atoms with E-state index in [4.69, 9.17) is 4.74 Å². The predicted octanol–water partition coefficient (Wildman–Crippen LogP) is 4.50. The Morgan fingerprint density at radius 3 is 2.68 bits per heavy atom. The largest absolute Gasteiger partial charge is 0.487 e. The number of rotatable bonds is 8. The number of nitrogens with zero attached hydrogens (tertiary/aromatic N) is 3. The van der Waals surface area contributed by atoms with Gasteiger partial charge in [-0.15, -0.1) is 0 Å². The van der Waals surface area contributed by atoms with Crippen LogP contribution in [0.1, 0.15) is 21.6 Å². The SMILES string of the molecule is CSc1nccn1-c1ccc(C(=O)NCc2cccc(OCc3ccccn3)c2)cc1. The van der Waals surface area contributed by atoms with Crippen LogP contribution in [-0.4, -0.2) is 26.7 Å². The maximum absolute atomic E-state index is 12.6. The van der Waals surface area contributed by atoms with Crippen LogP contribution >= 0.6 is 11.8 Å². The summed E-state index contributed by atoms with van der Waals surface area (Å²) in [6.07, 6.45) is 7.40. The fourth-order valence-corrected chi connectivity index (χ4v) is 3.61. The average molecular weight is 431 g/mol. The summed E-state index contributed by atoms with van der Waals surface area (Å²) in [6, 6.07) is 20.9. The molecule has 0 unspecified atom stereocenters. The maximum atomic E-state index is 12.6. The fourth-order valence-electron chi connectivity index (χ4n) is 3.08. The van der Waals surface area contributed by atoms with E-state index >= 15 is 0 Å². The first-order valence-electron chi connectivity index (χ1n) is 9.80. The van der Waals surface area contributed by atoms with Gasteiger partial charge in [-0.3, -0.25) is 14.3 Å². The van der Waals surface area contributed by atoms with Gasteiger partial charge in [0.25, 0.3) is 5.91 Å². The molecule has 1 amide bonds. The Kier molecular flexibility index (Phi) is 6.64. The molecule has 0 radical (unpaired) electrons. The molecule has 2 aromatic heterocycles. The number of aromatic nitrogens is 3. The second-order valence-corrected chi connectivity index (χ2v) is 7.54. The third kappa shape index (κ3) is 5.32. The lowest BCUT2D eigenvalue weighted by Gasteiger charge is -2.10. The van der Waals surface area contributed by atoms with Crippen LogP contribution in [-0.2, 0) is 13.2 Å². The monoisotopic (exact) mass is 430 g/mol. The van der Waals surface area contributed by atoms with E-state index in [2.05, 4.69) is 15.3 Å². The Hall–Kier alpha value is -3.58. The number of carbonyl (C=O) groups is 1. The molecule has 1 N–H and O–H groups in total. The first kappa shape index (κ1) is 20.7. The van der Waals surface area contributed by atoms with Gasteiger partial charge in [0, 0.05) is 36.4 Å². The van der Waals surface area contributed by atoms with Crippen LogP contribution in [0.15, 0.2) is 90.5 Å². The second kappa shape index (κ2) is 9.95. The summed E-state index contributed by atoms with van der Waals surface area (Å²) >= 11 is 1.58. The summed E-state index contributed by atoms with van der Waals surface area (Å²) in [7, 11) is 0. The van der Waals surface area contributed by atoms with Gasteiger partial charge in [0.2, 0.25) is 0 Å². The summed E-state index contributed by atoms with van der Waals surface area (Å²) in [5, 5.41) is 3.87. The molecule has 0 aliphatic heterocycles. The zero-order valence-corrected chi connectivity index (χ0v) is 17.9. The quantitative estimate of drug-likeness (QED) is 0.417. The average Bonchev–Trinajstić information content (AvgIpc) is 3.31. The zero-order chi connectivity index (χ0) is 21.5. The number of benzene rings is 2. The number of hydrogen-bond donors (Lipinski definition) is 1. The van der Waals surface area contributed by atoms with Crippen LogP contribution < -0.4 is 10.1 Å². The molecule has 2 heterocycles. The summed E-state index contributed by atoms with van der Waals surface area (Å²) in [5.41, 5.74) is 3.41. The van der Waals surface area contributed by atoms with E-state index in [1.165, 1.54) is 0 Å². The molecule has 0 bridgehead atoms. The molecule has 0 fully saturated rings. The molecule has 6 nitrogen and oxygen atoms in total. The molecule has 0 aliphatic carbocycles. The lowest BCUT2D eigenvalue weighted by molar-refractivity contribution is 0.0951. The van der Waals surface area contributed by atoms with Crippen molar-refractivity contribution in [2.45, 2.75) is 18.3 Å². The third-order valence-electron chi connectivity index (χ3n) is 4.66. The molecule has 31 heavy (non-hydrogen) atoms. The molecule has 4 aromatic rings. The minimum Gasteiger partial charge on any atom is -0.487 e. The Balaban J connectivity index is 1.34. The highest BCUT2D eigenvalue weighted by Crippen LogP contribution is 2.19. The molecular weight excluding hydrogens is 408 g/mol. The standard InChI is InChI=1S/C24H22N4O2S/c1-31-24-26-13-14-28(24)21-10-8-19(9-11-21)23(29)27-16-18-5-4-7-22(15-18)30-17-20-6-2-3-12-25-20/h2-15H,16-17H2,1H3,(H,27,29). The van der Waals surface area contributed by atoms with Crippen LogP contribution in [0.3, 0.4) is 0 Å². The highest BCUT2D eigenvalue weighted by atomic mass is 32.2. The van der Waals surface area contributed by atoms with Crippen molar-refractivity contribution in [3.8, 4) is 11.4 Å². The molecule has 0 saturated heterocycles. The second-order valence-electron chi connectivity index (χ2n) is 6.77. The number of thioether (sulfide) groups is 1. The summed E-state index contributed by atoms with van der Waals surface area (Å²) < 4.78 is 7.80. The van der Waals surface area contributed by atoms with Gasteiger partial charge in [0.05, 0.1) is 5.69 Å². The minimum absolute atomic E-state index is 0.123. The van der Waals surface area contributed by atoms with E-state index in [1.54, 1.807) is 24.2 Å². The van der Waals surface area contributed by atoms with Gasteiger partial charge in [0.15, 0.2) is 5.16 Å². The first-order valence-corrected chi connectivity index (χ1v) is 11.0. The Labute approximate surface area is 185 Å². The number of carbonyl (C=O) groups excluding carboxylic acids is 1. The number of imidazole rings is 1. The van der Waals surface area contributed by atoms with Crippen molar-refractivity contribution >= 4 is 17.7 Å². The number of amides is 1. The van der Waals surface area contributed by atoms with Crippen molar-refractivity contribution in [3.63, 3.8) is 0 Å². The van der Waals surface area contributed by atoms with Gasteiger partial charge >= 0.3 is 0 Å². The topological polar surface area (TPSA) is 69.0 Å². The maximum Gasteiger partial charge on any atom is 0.251 e. The normalized spacial score (nSPS) is 10.6. The molecule has 7 heteroatoms. The molecule has 0 aliphatic rings. The highest BCUT2D eigenvalue weighted by Gasteiger charge is 2.08. The Bertz CT molecular complexity index is 1140. The predicted molar refractivity (Wildman–Crippen MR) is 122 cm³/mol. The smallest absolute Gasteiger partial charge is 0.251 e. The van der Waals surface area contributed by atoms with E-state index in [0.717, 1.165) is 27.9 Å². The van der Waals surface area contributed by atoms with Crippen molar-refractivity contribution in [1.82, 2.24) is 19.9 Å². The van der Waals surface area contributed by atoms with Gasteiger partial charge in [-0.2, -0.15) is 0 Å². The third-order valence-corrected chi connectivity index (χ3v) is 5.33. The summed E-state index contributed by atoms with van der Waals surface area (Å²) in [4.78, 5) is 21.1. The van der Waals surface area contributed by atoms with Crippen molar-refractivity contribution in [1.29, 1.82) is 0 Å². The zero-order valence-electron chi connectivity index (χ0n) is 17.1. The highest BCUT2D eigenvalue weighted by molar-refractivity contribution is 7.98. The van der Waals surface area contributed by atoms with E-state index < -0.39 is 0 Å². The van der Waals surface area contributed by atoms with Gasteiger partial charge in [-0.05, 0) is 60.4 Å². The molecule has 156 valence electrons. The van der Waals surface area contributed by atoms with E-state index in [-0.39, 0.29) is 5.91 Å². The van der Waals surface area contributed by atoms with Crippen LogP contribution in [0.25, 0.3) is 5.69 Å². The van der Waals surface area contributed by atoms with E-state index in [9.17, 15) is 4.79 Å². The van der Waals surface area contributed by atoms with E-state index in [1.807, 2.05) is 83.7 Å². The lowest BCUT2D eigenvalue weighted by atomic mass is 10.1.